The molecule has 0 saturated carbocycles. The van der Waals surface area contributed by atoms with Gasteiger partial charge < -0.3 is 19.7 Å². The summed E-state index contributed by atoms with van der Waals surface area (Å²) < 4.78 is 11.9. The Kier molecular flexibility index (Phi) is 7.59. The summed E-state index contributed by atoms with van der Waals surface area (Å²) in [6.07, 6.45) is 6.10. The third-order valence-electron chi connectivity index (χ3n) is 6.13. The van der Waals surface area contributed by atoms with Crippen LogP contribution < -0.4 is 10.1 Å². The van der Waals surface area contributed by atoms with E-state index in [1.54, 1.807) is 23.9 Å². The van der Waals surface area contributed by atoms with E-state index in [-0.39, 0.29) is 17.9 Å². The Bertz CT molecular complexity index is 1130. The summed E-state index contributed by atoms with van der Waals surface area (Å²) in [5, 5.41) is 7.92. The van der Waals surface area contributed by atoms with Crippen molar-refractivity contribution < 1.29 is 19.1 Å². The second kappa shape index (κ2) is 11.0. The molecule has 1 unspecified atom stereocenters. The van der Waals surface area contributed by atoms with Crippen molar-refractivity contribution in [1.29, 1.82) is 0 Å². The Labute approximate surface area is 199 Å². The van der Waals surface area contributed by atoms with Gasteiger partial charge in [0.25, 0.3) is 0 Å². The minimum Gasteiger partial charge on any atom is -0.494 e. The first-order valence-corrected chi connectivity index (χ1v) is 11.4. The van der Waals surface area contributed by atoms with Gasteiger partial charge in [0, 0.05) is 37.3 Å². The van der Waals surface area contributed by atoms with Crippen molar-refractivity contribution in [2.45, 2.75) is 38.4 Å². The van der Waals surface area contributed by atoms with Gasteiger partial charge in [-0.05, 0) is 49.2 Å². The molecule has 3 aromatic rings. The van der Waals surface area contributed by atoms with Gasteiger partial charge in [-0.25, -0.2) is 9.48 Å². The lowest BCUT2D eigenvalue weighted by atomic mass is 10.1. The van der Waals surface area contributed by atoms with E-state index in [0.29, 0.717) is 25.1 Å². The van der Waals surface area contributed by atoms with E-state index in [9.17, 15) is 9.59 Å². The molecule has 8 nitrogen and oxygen atoms in total. The van der Waals surface area contributed by atoms with E-state index < -0.39 is 0 Å². The van der Waals surface area contributed by atoms with Gasteiger partial charge in [-0.1, -0.05) is 24.3 Å². The number of esters is 1. The zero-order valence-electron chi connectivity index (χ0n) is 19.6. The van der Waals surface area contributed by atoms with Crippen LogP contribution in [0, 0.1) is 0 Å². The first kappa shape index (κ1) is 23.5. The number of aromatic nitrogens is 2. The van der Waals surface area contributed by atoms with Gasteiger partial charge in [0.2, 0.25) is 5.91 Å². The molecule has 8 heteroatoms. The summed E-state index contributed by atoms with van der Waals surface area (Å²) in [6.45, 7) is 2.05. The summed E-state index contributed by atoms with van der Waals surface area (Å²) in [6, 6.07) is 15.3. The number of likely N-dealkylation sites (tertiary alicyclic amines) is 1. The minimum absolute atomic E-state index is 0.188. The van der Waals surface area contributed by atoms with Gasteiger partial charge in [-0.15, -0.1) is 0 Å². The Morgan fingerprint density at radius 2 is 1.91 bits per heavy atom. The van der Waals surface area contributed by atoms with Crippen LogP contribution in [-0.4, -0.2) is 53.4 Å². The first-order chi connectivity index (χ1) is 16.6. The van der Waals surface area contributed by atoms with Crippen molar-refractivity contribution in [3.8, 4) is 11.4 Å². The van der Waals surface area contributed by atoms with E-state index in [1.165, 1.54) is 7.11 Å². The summed E-state index contributed by atoms with van der Waals surface area (Å²) in [5.41, 5.74) is 3.49. The smallest absolute Gasteiger partial charge is 0.337 e. The first-order valence-electron chi connectivity index (χ1n) is 11.4. The van der Waals surface area contributed by atoms with Gasteiger partial charge >= 0.3 is 5.97 Å². The van der Waals surface area contributed by atoms with Crippen LogP contribution in [0.5, 0.6) is 5.75 Å². The summed E-state index contributed by atoms with van der Waals surface area (Å²) in [7, 11) is 3.02. The number of hydrogen-bond donors (Lipinski definition) is 1. The van der Waals surface area contributed by atoms with E-state index in [4.69, 9.17) is 9.47 Å². The normalized spacial score (nSPS) is 15.5. The van der Waals surface area contributed by atoms with E-state index in [2.05, 4.69) is 10.4 Å². The van der Waals surface area contributed by atoms with Crippen molar-refractivity contribution in [1.82, 2.24) is 20.0 Å². The third-order valence-corrected chi connectivity index (χ3v) is 6.13. The molecule has 1 N–H and O–H groups in total. The molecule has 1 aromatic heterocycles. The SMILES string of the molecule is COC(=O)c1ccc(CNCCC2CCC(=O)N2Cc2cnn(-c3ccccc3OC)c2)cc1. The number of hydrogen-bond acceptors (Lipinski definition) is 6. The van der Waals surface area contributed by atoms with E-state index in [0.717, 1.165) is 42.0 Å². The lowest BCUT2D eigenvalue weighted by Gasteiger charge is -2.24. The highest BCUT2D eigenvalue weighted by Gasteiger charge is 2.30. The molecule has 2 heterocycles. The van der Waals surface area contributed by atoms with Gasteiger partial charge in [0.15, 0.2) is 0 Å². The number of para-hydroxylation sites is 2. The molecule has 178 valence electrons. The molecule has 4 rings (SSSR count). The number of nitrogens with zero attached hydrogens (tertiary/aromatic N) is 3. The maximum Gasteiger partial charge on any atom is 0.337 e. The molecule has 1 atom stereocenters. The van der Waals surface area contributed by atoms with Crippen molar-refractivity contribution in [3.63, 3.8) is 0 Å². The highest BCUT2D eigenvalue weighted by molar-refractivity contribution is 5.89. The molecule has 0 bridgehead atoms. The maximum atomic E-state index is 12.6. The molecule has 2 aromatic carbocycles. The van der Waals surface area contributed by atoms with Gasteiger partial charge in [0.1, 0.15) is 11.4 Å². The van der Waals surface area contributed by atoms with Crippen LogP contribution in [0.3, 0.4) is 0 Å². The second-order valence-corrected chi connectivity index (χ2v) is 8.33. The standard InChI is InChI=1S/C26H30N4O4/c1-33-24-6-4-3-5-23(24)30-18-20(16-28-30)17-29-22(11-12-25(29)31)13-14-27-15-19-7-9-21(10-8-19)26(32)34-2/h3-10,16,18,22,27H,11-15,17H2,1-2H3. The van der Waals surface area contributed by atoms with Gasteiger partial charge in [-0.3, -0.25) is 4.79 Å². The number of carbonyl (C=O) groups excluding carboxylic acids is 2. The van der Waals surface area contributed by atoms with Crippen molar-refractivity contribution in [2.75, 3.05) is 20.8 Å². The van der Waals surface area contributed by atoms with E-state index >= 15 is 0 Å². The zero-order valence-corrected chi connectivity index (χ0v) is 19.6. The monoisotopic (exact) mass is 462 g/mol. The Balaban J connectivity index is 1.30. The average molecular weight is 463 g/mol. The average Bonchev–Trinajstić information content (AvgIpc) is 3.48. The number of amides is 1. The van der Waals surface area contributed by atoms with Gasteiger partial charge in [0.05, 0.1) is 26.0 Å². The summed E-state index contributed by atoms with van der Waals surface area (Å²) in [5.74, 6) is 0.602. The van der Waals surface area contributed by atoms with Crippen LogP contribution in [0.25, 0.3) is 5.69 Å². The highest BCUT2D eigenvalue weighted by atomic mass is 16.5. The minimum atomic E-state index is -0.334. The van der Waals surface area contributed by atoms with Gasteiger partial charge in [-0.2, -0.15) is 5.10 Å². The topological polar surface area (TPSA) is 85.7 Å². The lowest BCUT2D eigenvalue weighted by Crippen LogP contribution is -2.34. The fourth-order valence-electron chi connectivity index (χ4n) is 4.28. The van der Waals surface area contributed by atoms with Crippen LogP contribution in [0.1, 0.15) is 40.7 Å². The molecule has 1 aliphatic rings. The fraction of sp³-hybridized carbons (Fsp3) is 0.346. The molecule has 0 spiro atoms. The van der Waals surface area contributed by atoms with Crippen molar-refractivity contribution >= 4 is 11.9 Å². The molecular formula is C26H30N4O4. The highest BCUT2D eigenvalue weighted by Crippen LogP contribution is 2.25. The van der Waals surface area contributed by atoms with Crippen molar-refractivity contribution in [2.24, 2.45) is 0 Å². The summed E-state index contributed by atoms with van der Waals surface area (Å²) in [4.78, 5) is 26.1. The molecule has 1 amide bonds. The predicted octanol–water partition coefficient (Wildman–Crippen LogP) is 3.34. The quantitative estimate of drug-likeness (QED) is 0.367. The van der Waals surface area contributed by atoms with Crippen LogP contribution in [0.15, 0.2) is 60.9 Å². The Morgan fingerprint density at radius 1 is 1.12 bits per heavy atom. The molecule has 34 heavy (non-hydrogen) atoms. The van der Waals surface area contributed by atoms with Crippen LogP contribution in [-0.2, 0) is 22.6 Å². The largest absolute Gasteiger partial charge is 0.494 e. The number of rotatable bonds is 10. The van der Waals surface area contributed by atoms with Crippen molar-refractivity contribution in [3.05, 3.63) is 77.6 Å². The maximum absolute atomic E-state index is 12.6. The number of ether oxygens (including phenoxy) is 2. The molecule has 0 radical (unpaired) electrons. The zero-order chi connectivity index (χ0) is 23.9. The Hall–Kier alpha value is -3.65. The summed E-state index contributed by atoms with van der Waals surface area (Å²) >= 11 is 0. The third kappa shape index (κ3) is 5.46. The number of nitrogens with one attached hydrogen (secondary N) is 1. The molecule has 1 aliphatic heterocycles. The fourth-order valence-corrected chi connectivity index (χ4v) is 4.28. The lowest BCUT2D eigenvalue weighted by molar-refractivity contribution is -0.129. The second-order valence-electron chi connectivity index (χ2n) is 8.33. The predicted molar refractivity (Wildman–Crippen MR) is 128 cm³/mol. The number of benzene rings is 2. The van der Waals surface area contributed by atoms with Crippen LogP contribution in [0.4, 0.5) is 0 Å². The van der Waals surface area contributed by atoms with E-state index in [1.807, 2.05) is 53.7 Å². The molecule has 1 saturated heterocycles. The van der Waals surface area contributed by atoms with Crippen LogP contribution in [0.2, 0.25) is 0 Å². The number of methoxy groups -OCH3 is 2. The van der Waals surface area contributed by atoms with Crippen LogP contribution >= 0.6 is 0 Å². The molecular weight excluding hydrogens is 432 g/mol. The molecule has 1 fully saturated rings. The number of carbonyl (C=O) groups is 2. The molecule has 0 aliphatic carbocycles. The Morgan fingerprint density at radius 3 is 2.68 bits per heavy atom.